The van der Waals surface area contributed by atoms with E-state index in [0.717, 1.165) is 38.5 Å². The number of ketones is 1. The van der Waals surface area contributed by atoms with Crippen LogP contribution in [0.3, 0.4) is 0 Å². The van der Waals surface area contributed by atoms with Crippen LogP contribution in [-0.4, -0.2) is 63.4 Å². The molecule has 3 rings (SSSR count). The molecule has 3 aliphatic rings. The molecule has 1 unspecified atom stereocenters. The number of nitrogens with one attached hydrogen (secondary N) is 1. The Kier molecular flexibility index (Phi) is 8.71. The molecule has 2 saturated carbocycles. The number of carbonyl (C=O) groups is 3. The minimum Gasteiger partial charge on any atom is -0.465 e. The number of urea groups is 1. The first-order chi connectivity index (χ1) is 14.1. The van der Waals surface area contributed by atoms with Crippen LogP contribution in [0.4, 0.5) is 4.79 Å². The number of esters is 1. The Morgan fingerprint density at radius 3 is 2.55 bits per heavy atom. The molecule has 0 spiro atoms. The summed E-state index contributed by atoms with van der Waals surface area (Å²) in [6.07, 6.45) is 8.29. The van der Waals surface area contributed by atoms with Gasteiger partial charge in [-0.05, 0) is 32.6 Å². The lowest BCUT2D eigenvalue weighted by Crippen LogP contribution is -2.53. The molecule has 2 fully saturated rings. The molecule has 2 amide bonds. The molecule has 1 heterocycles. The minimum atomic E-state index is -0.217. The van der Waals surface area contributed by atoms with Crippen molar-refractivity contribution in [3.8, 4) is 0 Å². The molecule has 2 aliphatic carbocycles. The molecule has 0 aromatic rings. The number of thioether (sulfide) groups is 2. The summed E-state index contributed by atoms with van der Waals surface area (Å²) in [5.74, 6) is 0.389. The summed E-state index contributed by atoms with van der Waals surface area (Å²) in [6.45, 7) is 2.76. The maximum Gasteiger partial charge on any atom is 0.323 e. The van der Waals surface area contributed by atoms with E-state index in [-0.39, 0.29) is 28.7 Å². The predicted molar refractivity (Wildman–Crippen MR) is 117 cm³/mol. The first-order valence-corrected chi connectivity index (χ1v) is 12.6. The molecule has 1 aliphatic heterocycles. The van der Waals surface area contributed by atoms with E-state index in [4.69, 9.17) is 4.74 Å². The lowest BCUT2D eigenvalue weighted by Gasteiger charge is -2.41. The van der Waals surface area contributed by atoms with Gasteiger partial charge in [-0.1, -0.05) is 31.0 Å². The largest absolute Gasteiger partial charge is 0.465 e. The van der Waals surface area contributed by atoms with Gasteiger partial charge < -0.3 is 9.64 Å². The molecule has 7 nitrogen and oxygen atoms in total. The van der Waals surface area contributed by atoms with Crippen LogP contribution in [0.15, 0.2) is 4.99 Å². The number of nitrogens with zero attached hydrogens (tertiary/aromatic N) is 2. The van der Waals surface area contributed by atoms with Gasteiger partial charge in [-0.3, -0.25) is 19.9 Å². The summed E-state index contributed by atoms with van der Waals surface area (Å²) in [6, 6.07) is 0.304. The molecular formula is C20H31N3O4S2. The van der Waals surface area contributed by atoms with E-state index in [0.29, 0.717) is 42.7 Å². The van der Waals surface area contributed by atoms with Gasteiger partial charge in [-0.2, -0.15) is 0 Å². The SMILES string of the molecule is CCOC(=O)CSC1CN=C(NC(=O)N(C2CCCCC2)C2CCC(=O)CC2)S1. The van der Waals surface area contributed by atoms with Crippen LogP contribution in [0.25, 0.3) is 0 Å². The molecule has 29 heavy (non-hydrogen) atoms. The van der Waals surface area contributed by atoms with Crippen molar-refractivity contribution in [3.05, 3.63) is 0 Å². The van der Waals surface area contributed by atoms with E-state index in [2.05, 4.69) is 10.3 Å². The van der Waals surface area contributed by atoms with Crippen LogP contribution >= 0.6 is 23.5 Å². The van der Waals surface area contributed by atoms with Gasteiger partial charge in [0.15, 0.2) is 5.17 Å². The highest BCUT2D eigenvalue weighted by molar-refractivity contribution is 8.25. The Labute approximate surface area is 181 Å². The van der Waals surface area contributed by atoms with Crippen molar-refractivity contribution in [1.82, 2.24) is 10.2 Å². The Bertz CT molecular complexity index is 627. The molecule has 1 N–H and O–H groups in total. The molecule has 0 aromatic heterocycles. The van der Waals surface area contributed by atoms with E-state index < -0.39 is 0 Å². The van der Waals surface area contributed by atoms with E-state index in [1.165, 1.54) is 29.9 Å². The third kappa shape index (κ3) is 6.64. The molecule has 1 atom stereocenters. The van der Waals surface area contributed by atoms with Gasteiger partial charge in [0.25, 0.3) is 0 Å². The number of Topliss-reactive ketones (excluding diaryl/α,β-unsaturated/α-hetero) is 1. The van der Waals surface area contributed by atoms with Crippen LogP contribution in [0, 0.1) is 0 Å². The second-order valence-corrected chi connectivity index (χ2v) is 10.4. The topological polar surface area (TPSA) is 88.1 Å². The van der Waals surface area contributed by atoms with E-state index in [1.54, 1.807) is 6.92 Å². The van der Waals surface area contributed by atoms with Gasteiger partial charge in [0, 0.05) is 24.9 Å². The summed E-state index contributed by atoms with van der Waals surface area (Å²) in [4.78, 5) is 42.9. The third-order valence-corrected chi connectivity index (χ3v) is 8.13. The molecule has 9 heteroatoms. The molecule has 0 aromatic carbocycles. The fourth-order valence-corrected chi connectivity index (χ4v) is 6.25. The molecule has 162 valence electrons. The van der Waals surface area contributed by atoms with Crippen molar-refractivity contribution in [2.45, 2.75) is 81.4 Å². The van der Waals surface area contributed by atoms with E-state index >= 15 is 0 Å². The van der Waals surface area contributed by atoms with Gasteiger partial charge in [0.2, 0.25) is 0 Å². The Morgan fingerprint density at radius 2 is 1.86 bits per heavy atom. The zero-order valence-electron chi connectivity index (χ0n) is 17.1. The third-order valence-electron chi connectivity index (χ3n) is 5.64. The number of amides is 2. The normalized spacial score (nSPS) is 23.6. The highest BCUT2D eigenvalue weighted by Gasteiger charge is 2.35. The molecule has 0 radical (unpaired) electrons. The minimum absolute atomic E-state index is 0.0847. The van der Waals surface area contributed by atoms with Gasteiger partial charge >= 0.3 is 12.0 Å². The van der Waals surface area contributed by atoms with Gasteiger partial charge in [0.05, 0.1) is 23.5 Å². The van der Waals surface area contributed by atoms with E-state index in [1.807, 2.05) is 4.90 Å². The molecule has 0 saturated heterocycles. The molecular weight excluding hydrogens is 410 g/mol. The quantitative estimate of drug-likeness (QED) is 0.634. The second-order valence-electron chi connectivity index (χ2n) is 7.71. The fourth-order valence-electron chi connectivity index (χ4n) is 4.22. The van der Waals surface area contributed by atoms with Crippen LogP contribution in [-0.2, 0) is 14.3 Å². The van der Waals surface area contributed by atoms with Gasteiger partial charge in [0.1, 0.15) is 5.78 Å². The van der Waals surface area contributed by atoms with Crippen molar-refractivity contribution < 1.29 is 19.1 Å². The summed E-state index contributed by atoms with van der Waals surface area (Å²) < 4.78 is 5.08. The lowest BCUT2D eigenvalue weighted by atomic mass is 9.88. The Morgan fingerprint density at radius 1 is 1.17 bits per heavy atom. The summed E-state index contributed by atoms with van der Waals surface area (Å²) in [5, 5.41) is 3.64. The smallest absolute Gasteiger partial charge is 0.323 e. The zero-order chi connectivity index (χ0) is 20.6. The number of rotatable bonds is 6. The fraction of sp³-hybridized carbons (Fsp3) is 0.800. The van der Waals surface area contributed by atoms with Gasteiger partial charge in [-0.15, -0.1) is 11.8 Å². The van der Waals surface area contributed by atoms with E-state index in [9.17, 15) is 14.4 Å². The van der Waals surface area contributed by atoms with Crippen LogP contribution in [0.1, 0.15) is 64.7 Å². The van der Waals surface area contributed by atoms with Crippen molar-refractivity contribution in [1.29, 1.82) is 0 Å². The number of ether oxygens (including phenoxy) is 1. The number of aliphatic imine (C=N–C) groups is 1. The highest BCUT2D eigenvalue weighted by Crippen LogP contribution is 2.32. The predicted octanol–water partition coefficient (Wildman–Crippen LogP) is 3.57. The van der Waals surface area contributed by atoms with Crippen LogP contribution < -0.4 is 5.32 Å². The Hall–Kier alpha value is -1.22. The van der Waals surface area contributed by atoms with Crippen molar-refractivity contribution >= 4 is 46.5 Å². The molecule has 0 bridgehead atoms. The highest BCUT2D eigenvalue weighted by atomic mass is 32.2. The number of carbonyl (C=O) groups excluding carboxylic acids is 3. The maximum absolute atomic E-state index is 13.2. The van der Waals surface area contributed by atoms with Crippen molar-refractivity contribution in [2.75, 3.05) is 18.9 Å². The zero-order valence-corrected chi connectivity index (χ0v) is 18.7. The van der Waals surface area contributed by atoms with Crippen LogP contribution in [0.2, 0.25) is 0 Å². The summed E-state index contributed by atoms with van der Waals surface area (Å²) in [7, 11) is 0. The first-order valence-electron chi connectivity index (χ1n) is 10.7. The van der Waals surface area contributed by atoms with Crippen LogP contribution in [0.5, 0.6) is 0 Å². The summed E-state index contributed by atoms with van der Waals surface area (Å²) >= 11 is 3.00. The first kappa shape index (κ1) is 22.5. The second kappa shape index (κ2) is 11.2. The van der Waals surface area contributed by atoms with Crippen molar-refractivity contribution in [3.63, 3.8) is 0 Å². The Balaban J connectivity index is 1.54. The average molecular weight is 442 g/mol. The van der Waals surface area contributed by atoms with Crippen molar-refractivity contribution in [2.24, 2.45) is 4.99 Å². The number of hydrogen-bond acceptors (Lipinski definition) is 7. The number of amidine groups is 1. The number of hydrogen-bond donors (Lipinski definition) is 1. The maximum atomic E-state index is 13.2. The average Bonchev–Trinajstić information content (AvgIpc) is 3.16. The standard InChI is InChI=1S/C20H31N3O4S2/c1-2-27-17(25)13-28-18-12-21-19(29-18)22-20(26)23(14-6-4-3-5-7-14)15-8-10-16(24)11-9-15/h14-15,18H,2-13H2,1H3,(H,21,22,26). The monoisotopic (exact) mass is 441 g/mol. The summed E-state index contributed by atoms with van der Waals surface area (Å²) in [5.41, 5.74) is 0. The lowest BCUT2D eigenvalue weighted by molar-refractivity contribution is -0.139. The van der Waals surface area contributed by atoms with Gasteiger partial charge in [-0.25, -0.2) is 4.79 Å².